The lowest BCUT2D eigenvalue weighted by Gasteiger charge is -2.19. The number of benzene rings is 3. The fourth-order valence-corrected chi connectivity index (χ4v) is 5.38. The van der Waals surface area contributed by atoms with Crippen LogP contribution in [0.5, 0.6) is 34.5 Å². The second-order valence-electron chi connectivity index (χ2n) is 9.48. The van der Waals surface area contributed by atoms with Gasteiger partial charge >= 0.3 is 0 Å². The van der Waals surface area contributed by atoms with Crippen molar-refractivity contribution in [2.24, 2.45) is 11.8 Å². The van der Waals surface area contributed by atoms with Gasteiger partial charge in [-0.2, -0.15) is 0 Å². The van der Waals surface area contributed by atoms with Crippen LogP contribution in [0, 0.1) is 11.8 Å². The van der Waals surface area contributed by atoms with Crippen LogP contribution in [0.1, 0.15) is 39.3 Å². The molecule has 0 aliphatic carbocycles. The number of rotatable bonds is 8. The third-order valence-corrected chi connectivity index (χ3v) is 7.37. The molecular weight excluding hydrogens is 492 g/mol. The van der Waals surface area contributed by atoms with Gasteiger partial charge in [-0.15, -0.1) is 0 Å². The SMILES string of the molecule is COc1cc(C(=O)Cc2cc(C3OCC4C(c5ccc(O)c(OC)c5)OCC34)cc(OC)c2O)ccc1O. The molecule has 2 saturated heterocycles. The number of carbonyl (C=O) groups is 1. The first-order chi connectivity index (χ1) is 18.3. The van der Waals surface area contributed by atoms with Gasteiger partial charge in [0.05, 0.1) is 46.8 Å². The number of ether oxygens (including phenoxy) is 5. The highest BCUT2D eigenvalue weighted by Crippen LogP contribution is 2.52. The maximum Gasteiger partial charge on any atom is 0.167 e. The van der Waals surface area contributed by atoms with Crippen molar-refractivity contribution in [3.63, 3.8) is 0 Å². The van der Waals surface area contributed by atoms with E-state index in [1.165, 1.54) is 39.5 Å². The van der Waals surface area contributed by atoms with Crippen molar-refractivity contribution in [2.75, 3.05) is 34.5 Å². The fourth-order valence-electron chi connectivity index (χ4n) is 5.38. The topological polar surface area (TPSA) is 124 Å². The lowest BCUT2D eigenvalue weighted by atomic mass is 9.84. The molecule has 3 N–H and O–H groups in total. The number of ketones is 1. The summed E-state index contributed by atoms with van der Waals surface area (Å²) in [5.74, 6) is 0.575. The smallest absolute Gasteiger partial charge is 0.167 e. The van der Waals surface area contributed by atoms with Crippen molar-refractivity contribution in [3.05, 3.63) is 70.8 Å². The van der Waals surface area contributed by atoms with Crippen LogP contribution in [0.4, 0.5) is 0 Å². The van der Waals surface area contributed by atoms with E-state index >= 15 is 0 Å². The summed E-state index contributed by atoms with van der Waals surface area (Å²) in [4.78, 5) is 13.1. The van der Waals surface area contributed by atoms with Gasteiger partial charge in [-0.3, -0.25) is 4.79 Å². The Morgan fingerprint density at radius 3 is 1.95 bits per heavy atom. The van der Waals surface area contributed by atoms with Gasteiger partial charge in [0.1, 0.15) is 0 Å². The molecule has 9 heteroatoms. The van der Waals surface area contributed by atoms with Crippen molar-refractivity contribution in [1.82, 2.24) is 0 Å². The summed E-state index contributed by atoms with van der Waals surface area (Å²) in [5.41, 5.74) is 2.43. The first-order valence-corrected chi connectivity index (χ1v) is 12.2. The number of fused-ring (bicyclic) bond motifs is 1. The van der Waals surface area contributed by atoms with Gasteiger partial charge in [-0.25, -0.2) is 0 Å². The quantitative estimate of drug-likeness (QED) is 0.371. The molecule has 2 aliphatic heterocycles. The molecular formula is C29H30O9. The zero-order valence-electron chi connectivity index (χ0n) is 21.3. The molecule has 0 bridgehead atoms. The first kappa shape index (κ1) is 25.7. The molecule has 200 valence electrons. The highest BCUT2D eigenvalue weighted by Gasteiger charge is 2.48. The van der Waals surface area contributed by atoms with Crippen LogP contribution in [0.15, 0.2) is 48.5 Å². The Bertz CT molecular complexity index is 1350. The van der Waals surface area contributed by atoms with E-state index in [0.29, 0.717) is 30.1 Å². The number of aromatic hydroxyl groups is 3. The molecule has 2 aliphatic rings. The second-order valence-corrected chi connectivity index (χ2v) is 9.48. The molecule has 2 heterocycles. The Morgan fingerprint density at radius 2 is 1.32 bits per heavy atom. The molecule has 3 aromatic carbocycles. The lowest BCUT2D eigenvalue weighted by molar-refractivity contribution is 0.0191. The maximum absolute atomic E-state index is 13.1. The summed E-state index contributed by atoms with van der Waals surface area (Å²) in [7, 11) is 4.37. The average Bonchev–Trinajstić information content (AvgIpc) is 3.53. The third-order valence-electron chi connectivity index (χ3n) is 7.37. The van der Waals surface area contributed by atoms with Crippen molar-refractivity contribution < 1.29 is 43.8 Å². The standard InChI is InChI=1S/C29H30O9/c1-34-24-10-15(4-6-21(24)30)23(32)9-17-8-18(12-26(36-3)27(17)33)29-20-14-37-28(19(20)13-38-29)16-5-7-22(31)25(11-16)35-2/h4-8,10-12,19-20,28-31,33H,9,13-14H2,1-3H3. The zero-order chi connectivity index (χ0) is 27.0. The lowest BCUT2D eigenvalue weighted by Crippen LogP contribution is -2.15. The number of phenolic OH excluding ortho intramolecular Hbond substituents is 3. The molecule has 4 unspecified atom stereocenters. The van der Waals surface area contributed by atoms with Gasteiger partial charge in [0.25, 0.3) is 0 Å². The predicted molar refractivity (Wildman–Crippen MR) is 136 cm³/mol. The van der Waals surface area contributed by atoms with Crippen molar-refractivity contribution in [3.8, 4) is 34.5 Å². The van der Waals surface area contributed by atoms with E-state index in [-0.39, 0.29) is 65.0 Å². The number of phenols is 3. The molecule has 4 atom stereocenters. The normalized spacial score (nSPS) is 22.2. The van der Waals surface area contributed by atoms with Gasteiger partial charge in [0.15, 0.2) is 40.3 Å². The summed E-state index contributed by atoms with van der Waals surface area (Å²) >= 11 is 0. The Labute approximate surface area is 220 Å². The number of carbonyl (C=O) groups excluding carboxylic acids is 1. The number of hydrogen-bond acceptors (Lipinski definition) is 9. The molecule has 3 aromatic rings. The minimum absolute atomic E-state index is 0.0407. The Morgan fingerprint density at radius 1 is 0.763 bits per heavy atom. The Hall–Kier alpha value is -3.95. The van der Waals surface area contributed by atoms with Gasteiger partial charge in [0.2, 0.25) is 0 Å². The van der Waals surface area contributed by atoms with Crippen molar-refractivity contribution in [1.29, 1.82) is 0 Å². The van der Waals surface area contributed by atoms with Gasteiger partial charge in [-0.05, 0) is 53.6 Å². The molecule has 9 nitrogen and oxygen atoms in total. The van der Waals surface area contributed by atoms with Gasteiger partial charge in [0, 0.05) is 29.4 Å². The monoisotopic (exact) mass is 522 g/mol. The second kappa shape index (κ2) is 10.4. The Balaban J connectivity index is 1.40. The minimum Gasteiger partial charge on any atom is -0.504 e. The molecule has 2 fully saturated rings. The van der Waals surface area contributed by atoms with Crippen LogP contribution in [0.3, 0.4) is 0 Å². The summed E-state index contributed by atoms with van der Waals surface area (Å²) in [6.45, 7) is 0.932. The molecule has 5 rings (SSSR count). The molecule has 0 spiro atoms. The Kier molecular flexibility index (Phi) is 7.05. The van der Waals surface area contributed by atoms with E-state index in [2.05, 4.69) is 0 Å². The third kappa shape index (κ3) is 4.59. The highest BCUT2D eigenvalue weighted by molar-refractivity contribution is 5.98. The molecule has 38 heavy (non-hydrogen) atoms. The molecule has 0 radical (unpaired) electrons. The van der Waals surface area contributed by atoms with Crippen LogP contribution in [0.25, 0.3) is 0 Å². The first-order valence-electron chi connectivity index (χ1n) is 12.2. The van der Waals surface area contributed by atoms with E-state index in [9.17, 15) is 20.1 Å². The van der Waals surface area contributed by atoms with Crippen LogP contribution >= 0.6 is 0 Å². The molecule has 0 saturated carbocycles. The molecule has 0 amide bonds. The average molecular weight is 523 g/mol. The maximum atomic E-state index is 13.1. The van der Waals surface area contributed by atoms with E-state index in [4.69, 9.17) is 23.7 Å². The van der Waals surface area contributed by atoms with Gasteiger partial charge < -0.3 is 39.0 Å². The van der Waals surface area contributed by atoms with E-state index in [0.717, 1.165) is 11.1 Å². The van der Waals surface area contributed by atoms with E-state index < -0.39 is 0 Å². The summed E-state index contributed by atoms with van der Waals surface area (Å²) in [6.07, 6.45) is -0.623. The summed E-state index contributed by atoms with van der Waals surface area (Å²) < 4.78 is 28.2. The van der Waals surface area contributed by atoms with Gasteiger partial charge in [-0.1, -0.05) is 6.07 Å². The van der Waals surface area contributed by atoms with E-state index in [1.807, 2.05) is 6.07 Å². The largest absolute Gasteiger partial charge is 0.504 e. The summed E-state index contributed by atoms with van der Waals surface area (Å²) in [6, 6.07) is 13.1. The van der Waals surface area contributed by atoms with E-state index in [1.54, 1.807) is 24.3 Å². The summed E-state index contributed by atoms with van der Waals surface area (Å²) in [5, 5.41) is 30.6. The highest BCUT2D eigenvalue weighted by atomic mass is 16.5. The van der Waals surface area contributed by atoms with Crippen LogP contribution in [0.2, 0.25) is 0 Å². The predicted octanol–water partition coefficient (Wildman–Crippen LogP) is 4.33. The number of hydrogen-bond donors (Lipinski definition) is 3. The number of Topliss-reactive ketones (excluding diaryl/α,β-unsaturated/α-hetero) is 1. The zero-order valence-corrected chi connectivity index (χ0v) is 21.3. The van der Waals surface area contributed by atoms with Crippen molar-refractivity contribution >= 4 is 5.78 Å². The molecule has 0 aromatic heterocycles. The van der Waals surface area contributed by atoms with Crippen LogP contribution < -0.4 is 14.2 Å². The fraction of sp³-hybridized carbons (Fsp3) is 0.345. The van der Waals surface area contributed by atoms with Crippen LogP contribution in [-0.2, 0) is 15.9 Å². The minimum atomic E-state index is -0.318. The van der Waals surface area contributed by atoms with Crippen LogP contribution in [-0.4, -0.2) is 55.6 Å². The van der Waals surface area contributed by atoms with Crippen molar-refractivity contribution in [2.45, 2.75) is 18.6 Å². The number of methoxy groups -OCH3 is 3.